The number of thioether (sulfide) groups is 1. The Bertz CT molecular complexity index is 1320. The van der Waals surface area contributed by atoms with E-state index >= 15 is 0 Å². The molecule has 0 radical (unpaired) electrons. The summed E-state index contributed by atoms with van der Waals surface area (Å²) in [5.74, 6) is -0.523. The van der Waals surface area contributed by atoms with Crippen molar-refractivity contribution < 1.29 is 9.59 Å². The van der Waals surface area contributed by atoms with Crippen LogP contribution in [-0.2, 0) is 4.79 Å². The van der Waals surface area contributed by atoms with E-state index in [4.69, 9.17) is 4.98 Å². The highest BCUT2D eigenvalue weighted by Gasteiger charge is 2.18. The monoisotopic (exact) mass is 464 g/mol. The van der Waals surface area contributed by atoms with E-state index in [0.29, 0.717) is 27.6 Å². The van der Waals surface area contributed by atoms with E-state index in [0.717, 1.165) is 22.2 Å². The van der Waals surface area contributed by atoms with E-state index < -0.39 is 11.9 Å². The molecule has 0 aliphatic carbocycles. The van der Waals surface area contributed by atoms with Gasteiger partial charge in [0.15, 0.2) is 5.16 Å². The van der Waals surface area contributed by atoms with Crippen LogP contribution < -0.4 is 16.2 Å². The predicted molar refractivity (Wildman–Crippen MR) is 129 cm³/mol. The van der Waals surface area contributed by atoms with Crippen molar-refractivity contribution in [1.82, 2.24) is 20.2 Å². The van der Waals surface area contributed by atoms with Crippen LogP contribution in [0.15, 0.2) is 76.7 Å². The number of rotatable bonds is 6. The molecule has 32 heavy (non-hydrogen) atoms. The Morgan fingerprint density at radius 1 is 1.06 bits per heavy atom. The molecule has 3 amide bonds. The number of aromatic nitrogens is 2. The second-order valence-electron chi connectivity index (χ2n) is 6.76. The van der Waals surface area contributed by atoms with Gasteiger partial charge in [-0.05, 0) is 30.7 Å². The molecule has 0 bridgehead atoms. The van der Waals surface area contributed by atoms with Gasteiger partial charge in [0.2, 0.25) is 5.91 Å². The summed E-state index contributed by atoms with van der Waals surface area (Å²) < 4.78 is 1.51. The SMILES string of the molecule is CCNC(=O)NC(=O)CSc1nc2sc(-c3ccccc3)cc2c(=O)n1-c1ccccc1. The summed E-state index contributed by atoms with van der Waals surface area (Å²) in [5, 5.41) is 5.69. The molecule has 0 atom stereocenters. The van der Waals surface area contributed by atoms with Gasteiger partial charge in [-0.1, -0.05) is 60.3 Å². The quantitative estimate of drug-likeness (QED) is 0.332. The van der Waals surface area contributed by atoms with Gasteiger partial charge in [0.05, 0.1) is 16.8 Å². The number of fused-ring (bicyclic) bond motifs is 1. The fraction of sp³-hybridized carbons (Fsp3) is 0.130. The third-order valence-electron chi connectivity index (χ3n) is 4.53. The third kappa shape index (κ3) is 4.74. The van der Waals surface area contributed by atoms with Crippen molar-refractivity contribution in [2.75, 3.05) is 12.3 Å². The van der Waals surface area contributed by atoms with E-state index in [1.807, 2.05) is 66.7 Å². The smallest absolute Gasteiger partial charge is 0.321 e. The Morgan fingerprint density at radius 2 is 1.75 bits per heavy atom. The minimum atomic E-state index is -0.548. The predicted octanol–water partition coefficient (Wildman–Crippen LogP) is 4.05. The summed E-state index contributed by atoms with van der Waals surface area (Å²) in [7, 11) is 0. The van der Waals surface area contributed by atoms with Gasteiger partial charge in [-0.15, -0.1) is 11.3 Å². The number of nitrogens with one attached hydrogen (secondary N) is 2. The number of thiophene rings is 1. The van der Waals surface area contributed by atoms with Crippen molar-refractivity contribution in [3.63, 3.8) is 0 Å². The molecule has 2 heterocycles. The van der Waals surface area contributed by atoms with Crippen molar-refractivity contribution >= 4 is 45.3 Å². The minimum Gasteiger partial charge on any atom is -0.338 e. The molecule has 0 saturated carbocycles. The van der Waals surface area contributed by atoms with Crippen LogP contribution >= 0.6 is 23.1 Å². The lowest BCUT2D eigenvalue weighted by molar-refractivity contribution is -0.117. The number of hydrogen-bond acceptors (Lipinski definition) is 6. The van der Waals surface area contributed by atoms with Crippen LogP contribution in [0, 0.1) is 0 Å². The number of para-hydroxylation sites is 1. The Kier molecular flexibility index (Phi) is 6.67. The number of benzene rings is 2. The van der Waals surface area contributed by atoms with Gasteiger partial charge >= 0.3 is 6.03 Å². The number of imide groups is 1. The van der Waals surface area contributed by atoms with Gasteiger partial charge in [-0.25, -0.2) is 9.78 Å². The van der Waals surface area contributed by atoms with Crippen molar-refractivity contribution in [2.24, 2.45) is 0 Å². The van der Waals surface area contributed by atoms with E-state index in [1.54, 1.807) is 6.92 Å². The summed E-state index contributed by atoms with van der Waals surface area (Å²) in [4.78, 5) is 43.5. The summed E-state index contributed by atoms with van der Waals surface area (Å²) in [6.07, 6.45) is 0. The van der Waals surface area contributed by atoms with Crippen LogP contribution in [0.2, 0.25) is 0 Å². The Morgan fingerprint density at radius 3 is 2.44 bits per heavy atom. The number of amides is 3. The standard InChI is InChI=1S/C23H20N4O3S2/c1-2-24-22(30)25-19(28)14-31-23-26-20-17(13-18(32-20)15-9-5-3-6-10-15)21(29)27(23)16-11-7-4-8-12-16/h3-13H,2,14H2,1H3,(H2,24,25,28,30). The molecule has 0 spiro atoms. The van der Waals surface area contributed by atoms with Crippen molar-refractivity contribution in [3.05, 3.63) is 77.1 Å². The van der Waals surface area contributed by atoms with Crippen LogP contribution in [0.5, 0.6) is 0 Å². The van der Waals surface area contributed by atoms with E-state index in [9.17, 15) is 14.4 Å². The molecule has 0 aliphatic heterocycles. The first-order chi connectivity index (χ1) is 15.6. The molecule has 162 valence electrons. The summed E-state index contributed by atoms with van der Waals surface area (Å²) in [5.41, 5.74) is 1.47. The average Bonchev–Trinajstić information content (AvgIpc) is 3.24. The fourth-order valence-electron chi connectivity index (χ4n) is 3.11. The van der Waals surface area contributed by atoms with E-state index in [-0.39, 0.29) is 11.3 Å². The summed E-state index contributed by atoms with van der Waals surface area (Å²) in [6, 6.07) is 20.3. The molecule has 2 aromatic carbocycles. The second kappa shape index (κ2) is 9.80. The Balaban J connectivity index is 1.74. The molecular formula is C23H20N4O3S2. The maximum absolute atomic E-state index is 13.5. The van der Waals surface area contributed by atoms with E-state index in [2.05, 4.69) is 10.6 Å². The van der Waals surface area contributed by atoms with Gasteiger partial charge in [0.25, 0.3) is 5.56 Å². The normalized spacial score (nSPS) is 10.8. The molecule has 0 saturated heterocycles. The highest BCUT2D eigenvalue weighted by molar-refractivity contribution is 7.99. The third-order valence-corrected chi connectivity index (χ3v) is 6.55. The largest absolute Gasteiger partial charge is 0.338 e. The lowest BCUT2D eigenvalue weighted by atomic mass is 10.2. The molecule has 7 nitrogen and oxygen atoms in total. The topological polar surface area (TPSA) is 93.1 Å². The molecule has 0 unspecified atom stereocenters. The molecule has 0 aliphatic rings. The fourth-order valence-corrected chi connectivity index (χ4v) is 5.00. The lowest BCUT2D eigenvalue weighted by Gasteiger charge is -2.12. The van der Waals surface area contributed by atoms with Crippen molar-refractivity contribution in [3.8, 4) is 16.1 Å². The molecule has 2 aromatic heterocycles. The zero-order valence-corrected chi connectivity index (χ0v) is 18.8. The van der Waals surface area contributed by atoms with Crippen LogP contribution in [0.1, 0.15) is 6.92 Å². The number of urea groups is 1. The molecule has 4 aromatic rings. The number of nitrogens with zero attached hydrogens (tertiary/aromatic N) is 2. The summed E-state index contributed by atoms with van der Waals surface area (Å²) in [6.45, 7) is 2.18. The van der Waals surface area contributed by atoms with Crippen molar-refractivity contribution in [2.45, 2.75) is 12.1 Å². The Hall–Kier alpha value is -3.43. The maximum Gasteiger partial charge on any atom is 0.321 e. The van der Waals surface area contributed by atoms with Crippen molar-refractivity contribution in [1.29, 1.82) is 0 Å². The number of carbonyl (C=O) groups excluding carboxylic acids is 2. The maximum atomic E-state index is 13.5. The zero-order valence-electron chi connectivity index (χ0n) is 17.2. The average molecular weight is 465 g/mol. The molecular weight excluding hydrogens is 444 g/mol. The zero-order chi connectivity index (χ0) is 22.5. The minimum absolute atomic E-state index is 0.0567. The first kappa shape index (κ1) is 21.8. The molecule has 9 heteroatoms. The number of hydrogen-bond donors (Lipinski definition) is 2. The van der Waals surface area contributed by atoms with E-state index in [1.165, 1.54) is 15.9 Å². The van der Waals surface area contributed by atoms with Crippen LogP contribution in [-0.4, -0.2) is 33.8 Å². The lowest BCUT2D eigenvalue weighted by Crippen LogP contribution is -2.40. The molecule has 0 fully saturated rings. The van der Waals surface area contributed by atoms with Gasteiger partial charge in [0.1, 0.15) is 4.83 Å². The first-order valence-corrected chi connectivity index (χ1v) is 11.7. The highest BCUT2D eigenvalue weighted by Crippen LogP contribution is 2.32. The highest BCUT2D eigenvalue weighted by atomic mass is 32.2. The van der Waals surface area contributed by atoms with Crippen LogP contribution in [0.3, 0.4) is 0 Å². The number of carbonyl (C=O) groups is 2. The molecule has 2 N–H and O–H groups in total. The van der Waals surface area contributed by atoms with Gasteiger partial charge in [-0.2, -0.15) is 0 Å². The Labute approximate surface area is 192 Å². The van der Waals surface area contributed by atoms with Gasteiger partial charge in [-0.3, -0.25) is 19.5 Å². The van der Waals surface area contributed by atoms with Crippen LogP contribution in [0.4, 0.5) is 4.79 Å². The summed E-state index contributed by atoms with van der Waals surface area (Å²) >= 11 is 2.54. The van der Waals surface area contributed by atoms with Gasteiger partial charge in [0, 0.05) is 11.4 Å². The second-order valence-corrected chi connectivity index (χ2v) is 8.74. The van der Waals surface area contributed by atoms with Gasteiger partial charge < -0.3 is 5.32 Å². The first-order valence-electron chi connectivity index (χ1n) is 9.94. The van der Waals surface area contributed by atoms with Crippen LogP contribution in [0.25, 0.3) is 26.3 Å². The molecule has 4 rings (SSSR count).